The van der Waals surface area contributed by atoms with Gasteiger partial charge in [-0.3, -0.25) is 4.40 Å². The molecule has 2 heteroatoms. The van der Waals surface area contributed by atoms with E-state index in [1.807, 2.05) is 0 Å². The molecule has 0 saturated carbocycles. The van der Waals surface area contributed by atoms with Gasteiger partial charge in [-0.25, -0.2) is 4.98 Å². The van der Waals surface area contributed by atoms with Crippen LogP contribution >= 0.6 is 0 Å². The predicted molar refractivity (Wildman–Crippen MR) is 124 cm³/mol. The normalized spacial score (nSPS) is 13.9. The zero-order valence-corrected chi connectivity index (χ0v) is 17.2. The molecule has 0 aliphatic heterocycles. The predicted octanol–water partition coefficient (Wildman–Crippen LogP) is 7.28. The first-order chi connectivity index (χ1) is 14.7. The minimum Gasteiger partial charge on any atom is -0.300 e. The molecule has 0 N–H and O–H groups in total. The first-order valence-electron chi connectivity index (χ1n) is 11.2. The molecule has 3 aromatic carbocycles. The van der Waals surface area contributed by atoms with Gasteiger partial charge in [-0.1, -0.05) is 57.2 Å². The summed E-state index contributed by atoms with van der Waals surface area (Å²) >= 11 is 0. The number of hydrogen-bond acceptors (Lipinski definition) is 1. The number of aryl methyl sites for hydroxylation is 1. The zero-order valence-electron chi connectivity index (χ0n) is 19.2. The van der Waals surface area contributed by atoms with E-state index in [1.165, 1.54) is 21.9 Å². The molecule has 0 spiro atoms. The molecule has 0 aliphatic carbocycles. The van der Waals surface area contributed by atoms with Crippen LogP contribution in [0.15, 0.2) is 60.9 Å². The highest BCUT2D eigenvalue weighted by atomic mass is 15.0. The molecule has 0 atom stereocenters. The topological polar surface area (TPSA) is 17.3 Å². The van der Waals surface area contributed by atoms with E-state index in [1.54, 1.807) is 0 Å². The molecule has 0 aliphatic rings. The average Bonchev–Trinajstić information content (AvgIpc) is 3.04. The highest BCUT2D eigenvalue weighted by Gasteiger charge is 2.18. The molecule has 0 fully saturated rings. The second-order valence-electron chi connectivity index (χ2n) is 9.52. The Morgan fingerprint density at radius 2 is 1.79 bits per heavy atom. The van der Waals surface area contributed by atoms with Gasteiger partial charge in [0.2, 0.25) is 0 Å². The van der Waals surface area contributed by atoms with Crippen LogP contribution in [0.5, 0.6) is 0 Å². The Kier molecular flexibility index (Phi) is 2.80. The molecule has 3 heterocycles. The van der Waals surface area contributed by atoms with Gasteiger partial charge in [0.05, 0.1) is 8.26 Å². The third-order valence-corrected chi connectivity index (χ3v) is 6.05. The average molecular weight is 379 g/mol. The maximum Gasteiger partial charge on any atom is 0.145 e. The molecule has 0 amide bonds. The van der Waals surface area contributed by atoms with Gasteiger partial charge >= 0.3 is 0 Å². The molecule has 0 bridgehead atoms. The summed E-state index contributed by atoms with van der Waals surface area (Å²) in [6, 6.07) is 15.5. The van der Waals surface area contributed by atoms with Crippen LogP contribution in [0.25, 0.3) is 48.9 Å². The third kappa shape index (κ3) is 2.32. The second kappa shape index (κ2) is 5.48. The maximum atomic E-state index is 8.74. The third-order valence-electron chi connectivity index (χ3n) is 6.05. The zero-order chi connectivity index (χ0) is 21.7. The van der Waals surface area contributed by atoms with E-state index in [0.29, 0.717) is 0 Å². The molecule has 0 saturated heterocycles. The van der Waals surface area contributed by atoms with E-state index in [0.717, 1.165) is 44.5 Å². The van der Waals surface area contributed by atoms with E-state index < -0.39 is 0 Å². The Labute approximate surface area is 172 Å². The first-order valence-corrected chi connectivity index (χ1v) is 10.2. The van der Waals surface area contributed by atoms with Crippen LogP contribution in [0.1, 0.15) is 34.6 Å². The van der Waals surface area contributed by atoms with Crippen molar-refractivity contribution in [2.24, 2.45) is 5.41 Å². The number of nitrogens with zero attached hydrogens (tertiary/aromatic N) is 2. The van der Waals surface area contributed by atoms with Crippen LogP contribution in [0, 0.1) is 12.3 Å². The minimum atomic E-state index is 0.0265. The molecule has 2 nitrogen and oxygen atoms in total. The lowest BCUT2D eigenvalue weighted by Crippen LogP contribution is -2.08. The molecule has 142 valence electrons. The maximum absolute atomic E-state index is 8.74. The van der Waals surface area contributed by atoms with Crippen LogP contribution < -0.4 is 0 Å². The largest absolute Gasteiger partial charge is 0.300 e. The monoisotopic (exact) mass is 378 g/mol. The fourth-order valence-corrected chi connectivity index (χ4v) is 4.95. The van der Waals surface area contributed by atoms with Gasteiger partial charge in [0.1, 0.15) is 5.65 Å². The van der Waals surface area contributed by atoms with Crippen LogP contribution in [-0.4, -0.2) is 9.38 Å². The van der Waals surface area contributed by atoms with Gasteiger partial charge in [-0.2, -0.15) is 0 Å². The van der Waals surface area contributed by atoms with Crippen molar-refractivity contribution in [3.63, 3.8) is 0 Å². The van der Waals surface area contributed by atoms with Gasteiger partial charge in [-0.15, -0.1) is 0 Å². The van der Waals surface area contributed by atoms with Crippen LogP contribution in [0.3, 0.4) is 0 Å². The first kappa shape index (κ1) is 14.8. The molecule has 3 aromatic heterocycles. The highest BCUT2D eigenvalue weighted by Crippen LogP contribution is 2.40. The number of hydrogen-bond donors (Lipinski definition) is 0. The summed E-state index contributed by atoms with van der Waals surface area (Å²) < 4.78 is 19.3. The SMILES string of the molecule is [2H]c1nc2c3c(cc4cc(CC(C)(C)C)ccc4c3c1[2H])c1cccc3c(C)cn2c31. The van der Waals surface area contributed by atoms with E-state index in [-0.39, 0.29) is 17.6 Å². The Balaban J connectivity index is 1.88. The van der Waals surface area contributed by atoms with Gasteiger partial charge in [0.15, 0.2) is 0 Å². The van der Waals surface area contributed by atoms with E-state index in [2.05, 4.69) is 85.7 Å². The quantitative estimate of drug-likeness (QED) is 0.217. The van der Waals surface area contributed by atoms with Crippen LogP contribution in [-0.2, 0) is 6.42 Å². The van der Waals surface area contributed by atoms with Crippen molar-refractivity contribution in [3.8, 4) is 0 Å². The fourth-order valence-electron chi connectivity index (χ4n) is 4.95. The minimum absolute atomic E-state index is 0.0265. The summed E-state index contributed by atoms with van der Waals surface area (Å²) in [4.78, 5) is 4.58. The number of para-hydroxylation sites is 1. The van der Waals surface area contributed by atoms with Gasteiger partial charge in [0.25, 0.3) is 0 Å². The lowest BCUT2D eigenvalue weighted by atomic mass is 9.87. The summed E-state index contributed by atoms with van der Waals surface area (Å²) in [7, 11) is 0. The molecule has 0 unspecified atom stereocenters. The van der Waals surface area contributed by atoms with Crippen molar-refractivity contribution >= 4 is 48.9 Å². The Bertz CT molecular complexity index is 1670. The van der Waals surface area contributed by atoms with E-state index in [9.17, 15) is 0 Å². The molecular formula is C27H24N2. The van der Waals surface area contributed by atoms with Crippen LogP contribution in [0.4, 0.5) is 0 Å². The second-order valence-corrected chi connectivity index (χ2v) is 9.52. The van der Waals surface area contributed by atoms with Crippen LogP contribution in [0.2, 0.25) is 0 Å². The summed E-state index contributed by atoms with van der Waals surface area (Å²) in [5.41, 5.74) is 4.60. The summed E-state index contributed by atoms with van der Waals surface area (Å²) in [5.74, 6) is 0. The van der Waals surface area contributed by atoms with Gasteiger partial charge in [0, 0.05) is 28.5 Å². The van der Waals surface area contributed by atoms with E-state index >= 15 is 0 Å². The molecule has 6 aromatic rings. The Morgan fingerprint density at radius 3 is 2.62 bits per heavy atom. The van der Waals surface area contributed by atoms with Crippen molar-refractivity contribution in [3.05, 3.63) is 72.0 Å². The fraction of sp³-hybridized carbons (Fsp3) is 0.222. The number of aromatic nitrogens is 2. The number of fused-ring (bicyclic) bond motifs is 4. The molecule has 29 heavy (non-hydrogen) atoms. The van der Waals surface area contributed by atoms with Gasteiger partial charge < -0.3 is 0 Å². The number of rotatable bonds is 1. The summed E-state index contributed by atoms with van der Waals surface area (Å²) in [5, 5.41) is 7.46. The van der Waals surface area contributed by atoms with Crippen molar-refractivity contribution in [1.82, 2.24) is 9.38 Å². The number of pyridine rings is 2. The molecular weight excluding hydrogens is 352 g/mol. The van der Waals surface area contributed by atoms with Crippen molar-refractivity contribution in [1.29, 1.82) is 0 Å². The lowest BCUT2D eigenvalue weighted by molar-refractivity contribution is 0.411. The number of benzene rings is 3. The van der Waals surface area contributed by atoms with Crippen molar-refractivity contribution < 1.29 is 2.74 Å². The molecule has 0 radical (unpaired) electrons. The highest BCUT2D eigenvalue weighted by molar-refractivity contribution is 6.27. The Hall–Kier alpha value is -3.13. The smallest absolute Gasteiger partial charge is 0.145 e. The van der Waals surface area contributed by atoms with E-state index in [4.69, 9.17) is 2.74 Å². The lowest BCUT2D eigenvalue weighted by Gasteiger charge is -2.19. The summed E-state index contributed by atoms with van der Waals surface area (Å²) in [6.45, 7) is 8.88. The van der Waals surface area contributed by atoms with Crippen molar-refractivity contribution in [2.45, 2.75) is 34.1 Å². The van der Waals surface area contributed by atoms with Crippen molar-refractivity contribution in [2.75, 3.05) is 0 Å². The van der Waals surface area contributed by atoms with Gasteiger partial charge in [-0.05, 0) is 63.5 Å². The summed E-state index contributed by atoms with van der Waals surface area (Å²) in [6.07, 6.45) is 3.13. The Morgan fingerprint density at radius 1 is 0.966 bits per heavy atom. The molecule has 6 rings (SSSR count). The standard InChI is InChI=1S/C27H24N2/c1-16-15-29-25-19(16)6-5-7-22(25)23-13-18-12-17(14-27(2,3)4)8-9-20(18)21-10-11-28-26(29)24(21)23/h5-13,15H,14H2,1-4H3/i10D,11D.